The zero-order valence-electron chi connectivity index (χ0n) is 11.7. The fourth-order valence-corrected chi connectivity index (χ4v) is 3.44. The van der Waals surface area contributed by atoms with Crippen LogP contribution >= 0.6 is 0 Å². The molecule has 0 unspecified atom stereocenters. The van der Waals surface area contributed by atoms with Crippen molar-refractivity contribution in [2.45, 2.75) is 56.0 Å². The van der Waals surface area contributed by atoms with Gasteiger partial charge in [0.2, 0.25) is 10.0 Å². The second kappa shape index (κ2) is 4.89. The molecule has 1 fully saturated rings. The van der Waals surface area contributed by atoms with Crippen LogP contribution in [0.3, 0.4) is 0 Å². The molecule has 1 saturated carbocycles. The summed E-state index contributed by atoms with van der Waals surface area (Å²) in [5.74, 6) is 0. The average Bonchev–Trinajstić information content (AvgIpc) is 2.26. The minimum atomic E-state index is -3.41. The van der Waals surface area contributed by atoms with Gasteiger partial charge in [0.1, 0.15) is 0 Å². The van der Waals surface area contributed by atoms with E-state index in [0.29, 0.717) is 4.90 Å². The molecule has 1 aromatic carbocycles. The molecule has 0 bridgehead atoms. The number of hydrogen-bond acceptors (Lipinski definition) is 3. The molecule has 106 valence electrons. The van der Waals surface area contributed by atoms with Crippen molar-refractivity contribution in [3.05, 3.63) is 29.8 Å². The highest BCUT2D eigenvalue weighted by Gasteiger charge is 2.30. The van der Waals surface area contributed by atoms with Crippen molar-refractivity contribution < 1.29 is 8.42 Å². The zero-order chi connectivity index (χ0) is 14.3. The molecule has 0 aliphatic heterocycles. The van der Waals surface area contributed by atoms with E-state index in [4.69, 9.17) is 5.73 Å². The van der Waals surface area contributed by atoms with E-state index < -0.39 is 10.0 Å². The summed E-state index contributed by atoms with van der Waals surface area (Å²) in [6, 6.07) is 7.21. The molecule has 0 aromatic heterocycles. The Bertz CT molecular complexity index is 538. The Morgan fingerprint density at radius 1 is 1.16 bits per heavy atom. The molecule has 5 heteroatoms. The summed E-state index contributed by atoms with van der Waals surface area (Å²) in [5.41, 5.74) is 6.81. The molecule has 1 aromatic rings. The second-order valence-electron chi connectivity index (χ2n) is 6.32. The van der Waals surface area contributed by atoms with Crippen LogP contribution in [0, 0.1) is 0 Å². The van der Waals surface area contributed by atoms with Gasteiger partial charge < -0.3 is 5.73 Å². The Balaban J connectivity index is 2.13. The Labute approximate surface area is 115 Å². The summed E-state index contributed by atoms with van der Waals surface area (Å²) < 4.78 is 27.0. The van der Waals surface area contributed by atoms with Gasteiger partial charge in [-0.05, 0) is 36.0 Å². The summed E-state index contributed by atoms with van der Waals surface area (Å²) in [6.07, 6.45) is 1.44. The lowest BCUT2D eigenvalue weighted by Crippen LogP contribution is -2.50. The summed E-state index contributed by atoms with van der Waals surface area (Å²) in [6.45, 7) is 6.31. The van der Waals surface area contributed by atoms with E-state index >= 15 is 0 Å². The number of rotatable bonds is 3. The minimum absolute atomic E-state index is 0.0118. The van der Waals surface area contributed by atoms with Gasteiger partial charge in [-0.25, -0.2) is 13.1 Å². The van der Waals surface area contributed by atoms with Crippen LogP contribution in [0.2, 0.25) is 0 Å². The quantitative estimate of drug-likeness (QED) is 0.887. The van der Waals surface area contributed by atoms with Crippen LogP contribution < -0.4 is 10.5 Å². The molecule has 2 rings (SSSR count). The molecule has 0 amide bonds. The van der Waals surface area contributed by atoms with Gasteiger partial charge in [-0.3, -0.25) is 0 Å². The summed E-state index contributed by atoms with van der Waals surface area (Å²) in [4.78, 5) is 0.320. The van der Waals surface area contributed by atoms with Gasteiger partial charge in [-0.1, -0.05) is 32.9 Å². The Kier molecular flexibility index (Phi) is 3.73. The molecule has 3 N–H and O–H groups in total. The van der Waals surface area contributed by atoms with Crippen LogP contribution in [0.4, 0.5) is 0 Å². The molecule has 0 heterocycles. The molecule has 0 radical (unpaired) electrons. The second-order valence-corrected chi connectivity index (χ2v) is 8.04. The number of benzene rings is 1. The third-order valence-electron chi connectivity index (χ3n) is 3.53. The normalized spacial score (nSPS) is 24.0. The van der Waals surface area contributed by atoms with E-state index in [1.165, 1.54) is 0 Å². The Morgan fingerprint density at radius 2 is 1.68 bits per heavy atom. The topological polar surface area (TPSA) is 72.2 Å². The molecule has 1 aliphatic rings. The van der Waals surface area contributed by atoms with Crippen LogP contribution in [0.1, 0.15) is 39.2 Å². The van der Waals surface area contributed by atoms with Crippen LogP contribution in [0.15, 0.2) is 29.2 Å². The maximum Gasteiger partial charge on any atom is 0.240 e. The Hall–Kier alpha value is -0.910. The SMILES string of the molecule is CC(C)(C)c1ccc(S(=O)(=O)NC2CC(N)C2)cc1. The maximum absolute atomic E-state index is 12.2. The summed E-state index contributed by atoms with van der Waals surface area (Å²) in [7, 11) is -3.41. The zero-order valence-corrected chi connectivity index (χ0v) is 12.5. The van der Waals surface area contributed by atoms with Crippen molar-refractivity contribution in [1.82, 2.24) is 4.72 Å². The first-order valence-corrected chi connectivity index (χ1v) is 8.05. The monoisotopic (exact) mass is 282 g/mol. The third-order valence-corrected chi connectivity index (χ3v) is 5.06. The highest BCUT2D eigenvalue weighted by atomic mass is 32.2. The number of sulfonamides is 1. The third kappa shape index (κ3) is 3.35. The van der Waals surface area contributed by atoms with E-state index in [1.54, 1.807) is 12.1 Å². The van der Waals surface area contributed by atoms with Crippen LogP contribution in [-0.2, 0) is 15.4 Å². The maximum atomic E-state index is 12.2. The van der Waals surface area contributed by atoms with Crippen molar-refractivity contribution in [2.24, 2.45) is 5.73 Å². The van der Waals surface area contributed by atoms with E-state index in [2.05, 4.69) is 25.5 Å². The smallest absolute Gasteiger partial charge is 0.240 e. The fourth-order valence-electron chi connectivity index (χ4n) is 2.18. The highest BCUT2D eigenvalue weighted by molar-refractivity contribution is 7.89. The van der Waals surface area contributed by atoms with Gasteiger partial charge in [0.05, 0.1) is 4.90 Å². The predicted octanol–water partition coefficient (Wildman–Crippen LogP) is 1.75. The average molecular weight is 282 g/mol. The number of nitrogens with two attached hydrogens (primary N) is 1. The van der Waals surface area contributed by atoms with Gasteiger partial charge in [0.25, 0.3) is 0 Å². The molecule has 4 nitrogen and oxygen atoms in total. The van der Waals surface area contributed by atoms with Crippen molar-refractivity contribution in [1.29, 1.82) is 0 Å². The molecule has 0 atom stereocenters. The van der Waals surface area contributed by atoms with Gasteiger partial charge in [0, 0.05) is 12.1 Å². The van der Waals surface area contributed by atoms with Gasteiger partial charge in [-0.2, -0.15) is 0 Å². The first-order valence-electron chi connectivity index (χ1n) is 6.57. The van der Waals surface area contributed by atoms with Crippen LogP contribution in [-0.4, -0.2) is 20.5 Å². The lowest BCUT2D eigenvalue weighted by Gasteiger charge is -2.32. The largest absolute Gasteiger partial charge is 0.328 e. The van der Waals surface area contributed by atoms with E-state index in [1.807, 2.05) is 12.1 Å². The van der Waals surface area contributed by atoms with Gasteiger partial charge >= 0.3 is 0 Å². The molecule has 19 heavy (non-hydrogen) atoms. The lowest BCUT2D eigenvalue weighted by molar-refractivity contribution is 0.327. The molecule has 0 saturated heterocycles. The summed E-state index contributed by atoms with van der Waals surface area (Å²) >= 11 is 0. The van der Waals surface area contributed by atoms with Crippen molar-refractivity contribution in [3.63, 3.8) is 0 Å². The Morgan fingerprint density at radius 3 is 2.11 bits per heavy atom. The summed E-state index contributed by atoms with van der Waals surface area (Å²) in [5, 5.41) is 0. The number of hydrogen-bond donors (Lipinski definition) is 2. The highest BCUT2D eigenvalue weighted by Crippen LogP contribution is 2.24. The van der Waals surface area contributed by atoms with Gasteiger partial charge in [0.15, 0.2) is 0 Å². The minimum Gasteiger partial charge on any atom is -0.328 e. The first-order chi connectivity index (χ1) is 8.68. The van der Waals surface area contributed by atoms with Crippen LogP contribution in [0.25, 0.3) is 0 Å². The lowest BCUT2D eigenvalue weighted by atomic mass is 9.87. The standard InChI is InChI=1S/C14H22N2O2S/c1-14(2,3)10-4-6-13(7-5-10)19(17,18)16-12-8-11(15)9-12/h4-7,11-12,16H,8-9,15H2,1-3H3. The van der Waals surface area contributed by atoms with Crippen molar-refractivity contribution in [2.75, 3.05) is 0 Å². The fraction of sp³-hybridized carbons (Fsp3) is 0.571. The molecule has 1 aliphatic carbocycles. The van der Waals surface area contributed by atoms with Crippen molar-refractivity contribution >= 4 is 10.0 Å². The first kappa shape index (κ1) is 14.5. The van der Waals surface area contributed by atoms with E-state index in [0.717, 1.165) is 18.4 Å². The predicted molar refractivity (Wildman–Crippen MR) is 76.5 cm³/mol. The van der Waals surface area contributed by atoms with Crippen molar-refractivity contribution in [3.8, 4) is 0 Å². The van der Waals surface area contributed by atoms with E-state index in [-0.39, 0.29) is 17.5 Å². The van der Waals surface area contributed by atoms with Gasteiger partial charge in [-0.15, -0.1) is 0 Å². The van der Waals surface area contributed by atoms with E-state index in [9.17, 15) is 8.42 Å². The molecular weight excluding hydrogens is 260 g/mol. The molecule has 0 spiro atoms. The van der Waals surface area contributed by atoms with Crippen LogP contribution in [0.5, 0.6) is 0 Å². The molecular formula is C14H22N2O2S. The number of nitrogens with one attached hydrogen (secondary N) is 1.